The Kier molecular flexibility index (Phi) is 4.68. The number of nitrogens with one attached hydrogen (secondary N) is 1. The maximum atomic E-state index is 11.6. The van der Waals surface area contributed by atoms with E-state index >= 15 is 0 Å². The number of benzene rings is 1. The monoisotopic (exact) mass is 290 g/mol. The van der Waals surface area contributed by atoms with E-state index in [2.05, 4.69) is 10.3 Å². The van der Waals surface area contributed by atoms with Gasteiger partial charge >= 0.3 is 5.97 Å². The Morgan fingerprint density at radius 3 is 2.55 bits per heavy atom. The summed E-state index contributed by atoms with van der Waals surface area (Å²) in [4.78, 5) is 27.0. The highest BCUT2D eigenvalue weighted by atomic mass is 35.5. The van der Waals surface area contributed by atoms with Gasteiger partial charge in [0.05, 0.1) is 5.56 Å². The number of rotatable bonds is 4. The van der Waals surface area contributed by atoms with E-state index in [1.165, 1.54) is 18.3 Å². The van der Waals surface area contributed by atoms with Crippen molar-refractivity contribution in [3.8, 4) is 0 Å². The fraction of sp³-hybridized carbons (Fsp3) is 0.0714. The number of aromatic nitrogens is 1. The van der Waals surface area contributed by atoms with Crippen LogP contribution in [0, 0.1) is 0 Å². The van der Waals surface area contributed by atoms with Crippen LogP contribution in [-0.2, 0) is 9.53 Å². The highest BCUT2D eigenvalue weighted by Gasteiger charge is 2.10. The lowest BCUT2D eigenvalue weighted by Crippen LogP contribution is -2.20. The van der Waals surface area contributed by atoms with Crippen molar-refractivity contribution in [1.29, 1.82) is 0 Å². The number of nitrogens with zero attached hydrogens (tertiary/aromatic N) is 1. The van der Waals surface area contributed by atoms with Crippen molar-refractivity contribution in [1.82, 2.24) is 4.98 Å². The average Bonchev–Trinajstić information content (AvgIpc) is 2.46. The first kappa shape index (κ1) is 14.0. The molecule has 0 saturated carbocycles. The molecule has 0 radical (unpaired) electrons. The predicted octanol–water partition coefficient (Wildman–Crippen LogP) is 2.53. The van der Waals surface area contributed by atoms with Crippen molar-refractivity contribution in [3.05, 3.63) is 59.4 Å². The van der Waals surface area contributed by atoms with E-state index in [9.17, 15) is 9.59 Å². The first-order valence-electron chi connectivity index (χ1n) is 5.79. The molecule has 0 saturated heterocycles. The first-order chi connectivity index (χ1) is 9.65. The maximum Gasteiger partial charge on any atom is 0.340 e. The van der Waals surface area contributed by atoms with Gasteiger partial charge in [-0.05, 0) is 24.3 Å². The molecule has 0 aliphatic rings. The summed E-state index contributed by atoms with van der Waals surface area (Å²) in [6.07, 6.45) is 1.29. The van der Waals surface area contributed by atoms with Gasteiger partial charge in [-0.2, -0.15) is 0 Å². The Morgan fingerprint density at radius 2 is 1.90 bits per heavy atom. The van der Waals surface area contributed by atoms with E-state index < -0.39 is 11.9 Å². The van der Waals surface area contributed by atoms with E-state index in [0.29, 0.717) is 5.69 Å². The largest absolute Gasteiger partial charge is 0.452 e. The fourth-order valence-corrected chi connectivity index (χ4v) is 1.54. The third kappa shape index (κ3) is 4.07. The lowest BCUT2D eigenvalue weighted by Gasteiger charge is -2.06. The molecule has 0 atom stereocenters. The molecule has 1 amide bonds. The van der Waals surface area contributed by atoms with E-state index in [4.69, 9.17) is 16.3 Å². The lowest BCUT2D eigenvalue weighted by molar-refractivity contribution is -0.119. The first-order valence-corrected chi connectivity index (χ1v) is 6.16. The zero-order valence-electron chi connectivity index (χ0n) is 10.4. The van der Waals surface area contributed by atoms with Crippen LogP contribution < -0.4 is 5.32 Å². The second-order valence-electron chi connectivity index (χ2n) is 3.86. The van der Waals surface area contributed by atoms with E-state index in [1.807, 2.05) is 6.07 Å². The minimum atomic E-state index is -0.627. The quantitative estimate of drug-likeness (QED) is 0.694. The molecule has 0 aliphatic carbocycles. The standard InChI is InChI=1S/C14H11ClN2O3/c15-12-7-6-10(8-16-12)14(19)20-9-13(18)17-11-4-2-1-3-5-11/h1-8H,9H2,(H,17,18). The van der Waals surface area contributed by atoms with Gasteiger partial charge < -0.3 is 10.1 Å². The number of hydrogen-bond acceptors (Lipinski definition) is 4. The van der Waals surface area contributed by atoms with Gasteiger partial charge in [-0.25, -0.2) is 9.78 Å². The third-order valence-electron chi connectivity index (χ3n) is 2.35. The average molecular weight is 291 g/mol. The Labute approximate surface area is 120 Å². The molecule has 2 rings (SSSR count). The summed E-state index contributed by atoms with van der Waals surface area (Å²) >= 11 is 5.61. The molecule has 1 heterocycles. The van der Waals surface area contributed by atoms with Crippen molar-refractivity contribution in [2.75, 3.05) is 11.9 Å². The topological polar surface area (TPSA) is 68.3 Å². The Bertz CT molecular complexity index is 600. The summed E-state index contributed by atoms with van der Waals surface area (Å²) in [6, 6.07) is 11.9. The van der Waals surface area contributed by atoms with Crippen LogP contribution in [0.3, 0.4) is 0 Å². The molecule has 0 fully saturated rings. The van der Waals surface area contributed by atoms with Gasteiger partial charge in [-0.3, -0.25) is 4.79 Å². The molecule has 6 heteroatoms. The summed E-state index contributed by atoms with van der Waals surface area (Å²) in [7, 11) is 0. The summed E-state index contributed by atoms with van der Waals surface area (Å²) in [5.74, 6) is -1.04. The van der Waals surface area contributed by atoms with E-state index in [1.54, 1.807) is 24.3 Å². The number of hydrogen-bond donors (Lipinski definition) is 1. The zero-order chi connectivity index (χ0) is 14.4. The van der Waals surface area contributed by atoms with Crippen LogP contribution in [-0.4, -0.2) is 23.5 Å². The summed E-state index contributed by atoms with van der Waals surface area (Å²) in [5, 5.41) is 2.89. The minimum absolute atomic E-state index is 0.238. The Morgan fingerprint density at radius 1 is 1.15 bits per heavy atom. The van der Waals surface area contributed by atoms with Gasteiger partial charge in [-0.15, -0.1) is 0 Å². The Hall–Kier alpha value is -2.40. The molecule has 5 nitrogen and oxygen atoms in total. The summed E-state index contributed by atoms with van der Waals surface area (Å²) < 4.78 is 4.87. The number of pyridine rings is 1. The SMILES string of the molecule is O=C(COC(=O)c1ccc(Cl)nc1)Nc1ccccc1. The number of para-hydroxylation sites is 1. The highest BCUT2D eigenvalue weighted by molar-refractivity contribution is 6.29. The summed E-state index contributed by atoms with van der Waals surface area (Å²) in [6.45, 7) is -0.365. The van der Waals surface area contributed by atoms with Crippen LogP contribution in [0.2, 0.25) is 5.15 Å². The van der Waals surface area contributed by atoms with Crippen LogP contribution in [0.4, 0.5) is 5.69 Å². The smallest absolute Gasteiger partial charge is 0.340 e. The molecule has 0 bridgehead atoms. The van der Waals surface area contributed by atoms with E-state index in [0.717, 1.165) is 0 Å². The van der Waals surface area contributed by atoms with Crippen molar-refractivity contribution in [2.24, 2.45) is 0 Å². The van der Waals surface area contributed by atoms with Crippen LogP contribution in [0.15, 0.2) is 48.7 Å². The van der Waals surface area contributed by atoms with E-state index in [-0.39, 0.29) is 17.3 Å². The second kappa shape index (κ2) is 6.68. The van der Waals surface area contributed by atoms with Gasteiger partial charge in [0.2, 0.25) is 0 Å². The highest BCUT2D eigenvalue weighted by Crippen LogP contribution is 2.07. The number of esters is 1. The Balaban J connectivity index is 1.84. The third-order valence-corrected chi connectivity index (χ3v) is 2.58. The van der Waals surface area contributed by atoms with Crippen LogP contribution in [0.1, 0.15) is 10.4 Å². The molecular formula is C14H11ClN2O3. The van der Waals surface area contributed by atoms with Crippen LogP contribution in [0.25, 0.3) is 0 Å². The lowest BCUT2D eigenvalue weighted by atomic mass is 10.3. The van der Waals surface area contributed by atoms with Crippen molar-refractivity contribution in [2.45, 2.75) is 0 Å². The van der Waals surface area contributed by atoms with Gasteiger partial charge in [0.1, 0.15) is 5.15 Å². The number of ether oxygens (including phenoxy) is 1. The van der Waals surface area contributed by atoms with Gasteiger partial charge in [0.25, 0.3) is 5.91 Å². The summed E-state index contributed by atoms with van der Waals surface area (Å²) in [5.41, 5.74) is 0.878. The predicted molar refractivity (Wildman–Crippen MR) is 74.6 cm³/mol. The van der Waals surface area contributed by atoms with Crippen molar-refractivity contribution < 1.29 is 14.3 Å². The molecule has 1 aromatic carbocycles. The van der Waals surface area contributed by atoms with Crippen LogP contribution in [0.5, 0.6) is 0 Å². The molecule has 0 unspecified atom stereocenters. The van der Waals surface area contributed by atoms with Crippen molar-refractivity contribution >= 4 is 29.2 Å². The van der Waals surface area contributed by atoms with Gasteiger partial charge in [-0.1, -0.05) is 29.8 Å². The number of carbonyl (C=O) groups excluding carboxylic acids is 2. The number of carbonyl (C=O) groups is 2. The van der Waals surface area contributed by atoms with Gasteiger partial charge in [0, 0.05) is 11.9 Å². The molecule has 0 aliphatic heterocycles. The number of halogens is 1. The fourth-order valence-electron chi connectivity index (χ4n) is 1.43. The maximum absolute atomic E-state index is 11.6. The number of anilines is 1. The minimum Gasteiger partial charge on any atom is -0.452 e. The number of amides is 1. The molecule has 20 heavy (non-hydrogen) atoms. The van der Waals surface area contributed by atoms with Crippen molar-refractivity contribution in [3.63, 3.8) is 0 Å². The normalized spacial score (nSPS) is 9.85. The molecule has 2 aromatic rings. The second-order valence-corrected chi connectivity index (χ2v) is 4.25. The van der Waals surface area contributed by atoms with Gasteiger partial charge in [0.15, 0.2) is 6.61 Å². The molecular weight excluding hydrogens is 280 g/mol. The molecule has 1 N–H and O–H groups in total. The zero-order valence-corrected chi connectivity index (χ0v) is 11.1. The van der Waals surface area contributed by atoms with Crippen LogP contribution >= 0.6 is 11.6 Å². The molecule has 0 spiro atoms. The molecule has 102 valence electrons. The molecule has 1 aromatic heterocycles.